The Morgan fingerprint density at radius 3 is 2.12 bits per heavy atom. The van der Waals surface area contributed by atoms with Gasteiger partial charge in [-0.15, -0.1) is 0 Å². The molecular formula is C14H29N2O7P. The average Bonchev–Trinajstić information content (AvgIpc) is 2.40. The highest BCUT2D eigenvalue weighted by Crippen LogP contribution is 2.38. The second-order valence-corrected chi connectivity index (χ2v) is 8.77. The fourth-order valence-corrected chi connectivity index (χ4v) is 2.03. The number of phosphoric acid groups is 1. The first kappa shape index (κ1) is 23.0. The van der Waals surface area contributed by atoms with Gasteiger partial charge in [-0.3, -0.25) is 14.1 Å². The number of nitrogens with one attached hydrogen (secondary N) is 2. The van der Waals surface area contributed by atoms with Crippen molar-refractivity contribution in [1.29, 1.82) is 0 Å². The number of amides is 2. The molecule has 0 rings (SSSR count). The molecule has 0 aromatic rings. The van der Waals surface area contributed by atoms with E-state index in [-0.39, 0.29) is 24.3 Å². The number of phosphoric ester groups is 1. The smallest absolute Gasteiger partial charge is 0.383 e. The maximum absolute atomic E-state index is 11.9. The van der Waals surface area contributed by atoms with Crippen LogP contribution in [0, 0.1) is 10.8 Å². The van der Waals surface area contributed by atoms with E-state index < -0.39 is 31.9 Å². The summed E-state index contributed by atoms with van der Waals surface area (Å²) in [6, 6.07) is 0. The van der Waals surface area contributed by atoms with Crippen molar-refractivity contribution in [2.75, 3.05) is 19.7 Å². The molecule has 0 aromatic carbocycles. The highest BCUT2D eigenvalue weighted by Gasteiger charge is 2.35. The van der Waals surface area contributed by atoms with E-state index in [1.165, 1.54) is 13.8 Å². The number of rotatable bonds is 9. The summed E-state index contributed by atoms with van der Waals surface area (Å²) in [5.74, 6) is -0.957. The second kappa shape index (κ2) is 8.92. The topological polar surface area (TPSA) is 145 Å². The molecule has 0 bridgehead atoms. The highest BCUT2D eigenvalue weighted by atomic mass is 31.2. The first-order chi connectivity index (χ1) is 10.6. The highest BCUT2D eigenvalue weighted by molar-refractivity contribution is 7.46. The normalized spacial score (nSPS) is 14.2. The lowest BCUT2D eigenvalue weighted by molar-refractivity contribution is -0.137. The number of hydrogen-bond acceptors (Lipinski definition) is 5. The average molecular weight is 368 g/mol. The SMILES string of the molecule is CC(C)(C)CNC(=O)CCNC(=O)[C@@H](O)C(C)(C)COP(=O)(O)O. The molecule has 0 aliphatic carbocycles. The largest absolute Gasteiger partial charge is 0.469 e. The molecule has 1 atom stereocenters. The Morgan fingerprint density at radius 2 is 1.67 bits per heavy atom. The van der Waals surface area contributed by atoms with Gasteiger partial charge in [-0.2, -0.15) is 0 Å². The standard InChI is InChI=1S/C14H29N2O7P/c1-13(2,3)8-16-10(17)6-7-15-12(19)11(18)14(4,5)9-23-24(20,21)22/h11,18H,6-9H2,1-5H3,(H,15,19)(H,16,17)(H2,20,21,22)/t11-/m1/s1. The zero-order valence-corrected chi connectivity index (χ0v) is 15.7. The fourth-order valence-electron chi connectivity index (χ4n) is 1.53. The van der Waals surface area contributed by atoms with Crippen LogP contribution in [0.1, 0.15) is 41.0 Å². The third kappa shape index (κ3) is 10.7. The monoisotopic (exact) mass is 368 g/mol. The van der Waals surface area contributed by atoms with E-state index in [4.69, 9.17) is 9.79 Å². The van der Waals surface area contributed by atoms with Gasteiger partial charge in [0.25, 0.3) is 0 Å². The molecule has 0 spiro atoms. The molecule has 0 saturated heterocycles. The van der Waals surface area contributed by atoms with Crippen LogP contribution < -0.4 is 10.6 Å². The van der Waals surface area contributed by atoms with Crippen LogP contribution in [0.25, 0.3) is 0 Å². The van der Waals surface area contributed by atoms with E-state index in [9.17, 15) is 19.3 Å². The fraction of sp³-hybridized carbons (Fsp3) is 0.857. The molecule has 24 heavy (non-hydrogen) atoms. The van der Waals surface area contributed by atoms with E-state index in [0.29, 0.717) is 6.54 Å². The molecule has 0 fully saturated rings. The number of aliphatic hydroxyl groups is 1. The minimum absolute atomic E-state index is 0.0430. The lowest BCUT2D eigenvalue weighted by Gasteiger charge is -2.29. The van der Waals surface area contributed by atoms with E-state index in [2.05, 4.69) is 15.2 Å². The Labute approximate surface area is 142 Å². The Morgan fingerprint density at radius 1 is 1.12 bits per heavy atom. The Bertz CT molecular complexity index is 482. The molecule has 5 N–H and O–H groups in total. The van der Waals surface area contributed by atoms with Crippen LogP contribution in [-0.4, -0.2) is 52.5 Å². The summed E-state index contributed by atoms with van der Waals surface area (Å²) in [7, 11) is -4.68. The van der Waals surface area contributed by atoms with Crippen LogP contribution in [0.4, 0.5) is 0 Å². The van der Waals surface area contributed by atoms with E-state index in [1.54, 1.807) is 0 Å². The number of carbonyl (C=O) groups is 2. The molecule has 142 valence electrons. The van der Waals surface area contributed by atoms with Crippen molar-refractivity contribution < 1.29 is 33.6 Å². The van der Waals surface area contributed by atoms with Crippen molar-refractivity contribution in [1.82, 2.24) is 10.6 Å². The van der Waals surface area contributed by atoms with Crippen LogP contribution in [0.2, 0.25) is 0 Å². The Balaban J connectivity index is 4.26. The summed E-state index contributed by atoms with van der Waals surface area (Å²) in [4.78, 5) is 40.8. The van der Waals surface area contributed by atoms with Crippen LogP contribution in [0.15, 0.2) is 0 Å². The molecular weight excluding hydrogens is 339 g/mol. The van der Waals surface area contributed by atoms with Gasteiger partial charge in [0.1, 0.15) is 6.10 Å². The molecule has 2 amide bonds. The summed E-state index contributed by atoms with van der Waals surface area (Å²) in [5, 5.41) is 15.1. The van der Waals surface area contributed by atoms with E-state index in [1.807, 2.05) is 20.8 Å². The second-order valence-electron chi connectivity index (χ2n) is 7.53. The summed E-state index contributed by atoms with van der Waals surface area (Å²) >= 11 is 0. The zero-order valence-electron chi connectivity index (χ0n) is 14.8. The van der Waals surface area contributed by atoms with Gasteiger partial charge in [0.2, 0.25) is 11.8 Å². The van der Waals surface area contributed by atoms with Gasteiger partial charge in [0.05, 0.1) is 6.61 Å². The van der Waals surface area contributed by atoms with Crippen molar-refractivity contribution in [2.45, 2.75) is 47.1 Å². The Kier molecular flexibility index (Phi) is 8.55. The first-order valence-electron chi connectivity index (χ1n) is 7.57. The maximum atomic E-state index is 11.9. The first-order valence-corrected chi connectivity index (χ1v) is 9.10. The Hall–Kier alpha value is -0.990. The molecule has 0 unspecified atom stereocenters. The van der Waals surface area contributed by atoms with Crippen molar-refractivity contribution in [3.63, 3.8) is 0 Å². The number of carbonyl (C=O) groups excluding carboxylic acids is 2. The molecule has 0 radical (unpaired) electrons. The summed E-state index contributed by atoms with van der Waals surface area (Å²) in [6.07, 6.45) is -1.48. The third-order valence-electron chi connectivity index (χ3n) is 3.06. The molecule has 0 aliphatic rings. The molecule has 0 aromatic heterocycles. The van der Waals surface area contributed by atoms with Crippen LogP contribution in [0.5, 0.6) is 0 Å². The molecule has 9 nitrogen and oxygen atoms in total. The maximum Gasteiger partial charge on any atom is 0.469 e. The van der Waals surface area contributed by atoms with Crippen molar-refractivity contribution in [2.24, 2.45) is 10.8 Å². The van der Waals surface area contributed by atoms with Gasteiger partial charge in [0, 0.05) is 24.9 Å². The van der Waals surface area contributed by atoms with Crippen molar-refractivity contribution >= 4 is 19.6 Å². The minimum atomic E-state index is -4.68. The van der Waals surface area contributed by atoms with Gasteiger partial charge in [-0.1, -0.05) is 34.6 Å². The summed E-state index contributed by atoms with van der Waals surface area (Å²) in [5.41, 5.74) is -1.25. The van der Waals surface area contributed by atoms with Gasteiger partial charge in [0.15, 0.2) is 0 Å². The molecule has 0 aliphatic heterocycles. The van der Waals surface area contributed by atoms with Gasteiger partial charge in [-0.05, 0) is 5.41 Å². The summed E-state index contributed by atoms with van der Waals surface area (Å²) in [6.45, 7) is 8.86. The quantitative estimate of drug-likeness (QED) is 0.364. The van der Waals surface area contributed by atoms with Gasteiger partial charge < -0.3 is 25.5 Å². The lowest BCUT2D eigenvalue weighted by atomic mass is 9.87. The molecule has 0 saturated carbocycles. The summed E-state index contributed by atoms with van der Waals surface area (Å²) < 4.78 is 15.0. The van der Waals surface area contributed by atoms with Crippen LogP contribution in [-0.2, 0) is 18.7 Å². The van der Waals surface area contributed by atoms with Crippen LogP contribution >= 0.6 is 7.82 Å². The zero-order chi connectivity index (χ0) is 19.2. The van der Waals surface area contributed by atoms with Gasteiger partial charge >= 0.3 is 7.82 Å². The number of aliphatic hydroxyl groups excluding tert-OH is 1. The van der Waals surface area contributed by atoms with E-state index in [0.717, 1.165) is 0 Å². The third-order valence-corrected chi connectivity index (χ3v) is 3.53. The molecule has 0 heterocycles. The molecule has 10 heteroatoms. The van der Waals surface area contributed by atoms with E-state index >= 15 is 0 Å². The van der Waals surface area contributed by atoms with Crippen LogP contribution in [0.3, 0.4) is 0 Å². The minimum Gasteiger partial charge on any atom is -0.383 e. The van der Waals surface area contributed by atoms with Crippen molar-refractivity contribution in [3.8, 4) is 0 Å². The predicted octanol–water partition coefficient (Wildman–Crippen LogP) is 0.151. The lowest BCUT2D eigenvalue weighted by Crippen LogP contribution is -2.46. The predicted molar refractivity (Wildman–Crippen MR) is 87.9 cm³/mol. The number of hydrogen-bond donors (Lipinski definition) is 5. The van der Waals surface area contributed by atoms with Gasteiger partial charge in [-0.25, -0.2) is 4.57 Å². The van der Waals surface area contributed by atoms with Crippen molar-refractivity contribution in [3.05, 3.63) is 0 Å².